The van der Waals surface area contributed by atoms with E-state index >= 15 is 0 Å². The molecule has 0 amide bonds. The van der Waals surface area contributed by atoms with Crippen LogP contribution in [-0.2, 0) is 33.3 Å². The molecule has 0 aromatic carbocycles. The number of esters is 2. The summed E-state index contributed by atoms with van der Waals surface area (Å²) in [5.74, 6) is -2.35. The quantitative estimate of drug-likeness (QED) is 0.0195. The van der Waals surface area contributed by atoms with Crippen LogP contribution in [-0.4, -0.2) is 82.3 Å². The molecule has 9 nitrogen and oxygen atoms in total. The van der Waals surface area contributed by atoms with E-state index in [0.717, 1.165) is 109 Å². The monoisotopic (exact) mass is 1210 g/mol. The van der Waals surface area contributed by atoms with Crippen molar-refractivity contribution in [1.29, 1.82) is 0 Å². The number of hydrogen-bond acceptors (Lipinski definition) is 8. The van der Waals surface area contributed by atoms with E-state index in [1.165, 1.54) is 128 Å². The first kappa shape index (κ1) is 82.2. The number of unbranched alkanes of at least 4 members (excludes halogenated alkanes) is 24. The lowest BCUT2D eigenvalue weighted by atomic mass is 10.0. The van der Waals surface area contributed by atoms with E-state index in [1.807, 2.05) is 21.1 Å². The third-order valence-electron chi connectivity index (χ3n) is 14.6. The van der Waals surface area contributed by atoms with Crippen LogP contribution in [0.3, 0.4) is 0 Å². The second-order valence-electron chi connectivity index (χ2n) is 24.1. The summed E-state index contributed by atoms with van der Waals surface area (Å²) >= 11 is 0. The molecule has 0 saturated carbocycles. The molecule has 0 aliphatic carbocycles. The third-order valence-corrected chi connectivity index (χ3v) is 14.6. The molecule has 0 aromatic rings. The largest absolute Gasteiger partial charge is 0.545 e. The summed E-state index contributed by atoms with van der Waals surface area (Å²) in [4.78, 5) is 37.4. The normalized spacial score (nSPS) is 13.6. The number of carbonyl (C=O) groups is 3. The van der Waals surface area contributed by atoms with Gasteiger partial charge >= 0.3 is 11.9 Å². The van der Waals surface area contributed by atoms with Crippen LogP contribution in [0, 0.1) is 0 Å². The number of carbonyl (C=O) groups excluding carboxylic acids is 3. The van der Waals surface area contributed by atoms with Crippen molar-refractivity contribution >= 4 is 17.9 Å². The second kappa shape index (κ2) is 67.1. The third kappa shape index (κ3) is 68.5. The van der Waals surface area contributed by atoms with Gasteiger partial charge in [-0.1, -0.05) is 301 Å². The molecule has 0 aliphatic rings. The van der Waals surface area contributed by atoms with Gasteiger partial charge in [0, 0.05) is 12.8 Å². The van der Waals surface area contributed by atoms with Gasteiger partial charge in [-0.2, -0.15) is 0 Å². The zero-order valence-electron chi connectivity index (χ0n) is 56.3. The van der Waals surface area contributed by atoms with Crippen molar-refractivity contribution in [3.05, 3.63) is 146 Å². The van der Waals surface area contributed by atoms with Gasteiger partial charge in [-0.15, -0.1) is 0 Å². The van der Waals surface area contributed by atoms with Crippen molar-refractivity contribution in [2.24, 2.45) is 0 Å². The lowest BCUT2D eigenvalue weighted by Gasteiger charge is -2.26. The number of carboxylic acid groups (broad SMARTS) is 1. The number of likely N-dealkylation sites (N-methyl/N-ethyl adjacent to an activating group) is 1. The van der Waals surface area contributed by atoms with E-state index in [4.69, 9.17) is 18.9 Å². The Morgan fingerprint density at radius 1 is 0.356 bits per heavy atom. The minimum Gasteiger partial charge on any atom is -0.545 e. The van der Waals surface area contributed by atoms with Crippen molar-refractivity contribution in [1.82, 2.24) is 0 Å². The maximum atomic E-state index is 12.9. The molecule has 0 bridgehead atoms. The van der Waals surface area contributed by atoms with E-state index in [2.05, 4.69) is 160 Å². The van der Waals surface area contributed by atoms with Crippen molar-refractivity contribution in [3.8, 4) is 0 Å². The molecule has 0 aromatic heterocycles. The standard InChI is InChI=1S/C78H129NO8/c1-6-8-10-12-14-16-18-20-22-24-26-28-30-31-32-33-34-35-36-37-38-39-40-41-42-43-44-45-47-49-51-53-55-57-59-61-63-65-67-69-76(81)87-74(73-86-78(77(82)83)84-71-70-79(3,4)5)72-85-75(80)68-66-64-62-60-58-56-54-52-50-48-46-29-27-25-23-21-19-17-15-13-11-9-7-2/h8,10,14,16,20,22,26,28,31-32,34-35,37-38,40-41,43-44,47,49,53,55,59,61,74,78H,6-7,9,11-13,15,17-19,21,23-25,27,29-30,33,36,39,42,45-46,48,50-52,54,56-58,60,62-73H2,1-5H3/b10-8-,16-14-,22-20-,28-26-,32-31-,35-34-,38-37-,41-40-,44-43-,49-47-,55-53-,61-59-. The van der Waals surface area contributed by atoms with Crippen LogP contribution in [0.4, 0.5) is 0 Å². The Balaban J connectivity index is 4.26. The topological polar surface area (TPSA) is 111 Å². The van der Waals surface area contributed by atoms with Crippen molar-refractivity contribution < 1.29 is 42.9 Å². The van der Waals surface area contributed by atoms with E-state index in [0.29, 0.717) is 17.4 Å². The molecular formula is C78H129NO8. The summed E-state index contributed by atoms with van der Waals surface area (Å²) in [5.41, 5.74) is 0. The number of hydrogen-bond donors (Lipinski definition) is 0. The van der Waals surface area contributed by atoms with Gasteiger partial charge in [0.1, 0.15) is 13.2 Å². The molecule has 0 rings (SSSR count). The van der Waals surface area contributed by atoms with Gasteiger partial charge in [0.2, 0.25) is 0 Å². The maximum Gasteiger partial charge on any atom is 0.306 e. The van der Waals surface area contributed by atoms with Crippen LogP contribution in [0.25, 0.3) is 0 Å². The molecule has 0 aliphatic heterocycles. The summed E-state index contributed by atoms with van der Waals surface area (Å²) in [6.45, 7) is 4.60. The summed E-state index contributed by atoms with van der Waals surface area (Å²) in [7, 11) is 5.91. The molecule has 0 saturated heterocycles. The molecule has 0 heterocycles. The van der Waals surface area contributed by atoms with Crippen LogP contribution in [0.5, 0.6) is 0 Å². The molecule has 0 radical (unpaired) electrons. The Hall–Kier alpha value is -4.83. The highest BCUT2D eigenvalue weighted by molar-refractivity contribution is 5.70. The molecule has 0 fully saturated rings. The lowest BCUT2D eigenvalue weighted by Crippen LogP contribution is -2.44. The average molecular weight is 1210 g/mol. The van der Waals surface area contributed by atoms with Gasteiger partial charge in [-0.25, -0.2) is 0 Å². The highest BCUT2D eigenvalue weighted by Gasteiger charge is 2.22. The highest BCUT2D eigenvalue weighted by Crippen LogP contribution is 2.17. The molecule has 9 heteroatoms. The van der Waals surface area contributed by atoms with Crippen LogP contribution < -0.4 is 5.11 Å². The van der Waals surface area contributed by atoms with Gasteiger partial charge in [0.05, 0.1) is 40.3 Å². The van der Waals surface area contributed by atoms with Crippen LogP contribution in [0.1, 0.15) is 271 Å². The van der Waals surface area contributed by atoms with Crippen LogP contribution in [0.2, 0.25) is 0 Å². The van der Waals surface area contributed by atoms with Gasteiger partial charge in [0.25, 0.3) is 0 Å². The van der Waals surface area contributed by atoms with Crippen molar-refractivity contribution in [2.75, 3.05) is 47.5 Å². The average Bonchev–Trinajstić information content (AvgIpc) is 3.55. The number of nitrogens with zero attached hydrogens (tertiary/aromatic N) is 1. The molecule has 0 N–H and O–H groups in total. The summed E-state index contributed by atoms with van der Waals surface area (Å²) in [5, 5.41) is 11.8. The first-order valence-electron chi connectivity index (χ1n) is 35.0. The SMILES string of the molecule is CC/C=C\C/C=C\C/C=C\C/C=C\C/C=C\C/C=C\C/C=C\C/C=C\C/C=C\C/C=C\C/C=C\C/C=C\CCCCC(=O)OC(COC(=O)CCCCCCCCCCCCCCCCCCCCCCCCC)COC(OCC[N+](C)(C)C)C(=O)[O-]. The predicted molar refractivity (Wildman–Crippen MR) is 370 cm³/mol. The molecule has 2 atom stereocenters. The molecule has 2 unspecified atom stereocenters. The molecule has 0 spiro atoms. The minimum absolute atomic E-state index is 0.133. The summed E-state index contributed by atoms with van der Waals surface area (Å²) < 4.78 is 22.7. The van der Waals surface area contributed by atoms with Crippen molar-refractivity contribution in [2.45, 2.75) is 283 Å². The minimum atomic E-state index is -1.64. The number of allylic oxidation sites excluding steroid dienone is 24. The molecule has 494 valence electrons. The number of rotatable bonds is 63. The number of carboxylic acids is 1. The Morgan fingerprint density at radius 3 is 0.977 bits per heavy atom. The highest BCUT2D eigenvalue weighted by atomic mass is 16.7. The summed E-state index contributed by atoms with van der Waals surface area (Å²) in [6, 6.07) is 0. The lowest BCUT2D eigenvalue weighted by molar-refractivity contribution is -0.870. The van der Waals surface area contributed by atoms with Gasteiger partial charge < -0.3 is 33.3 Å². The van der Waals surface area contributed by atoms with Crippen molar-refractivity contribution in [3.63, 3.8) is 0 Å². The predicted octanol–water partition coefficient (Wildman–Crippen LogP) is 20.6. The Bertz CT molecular complexity index is 1940. The number of quaternary nitrogens is 1. The van der Waals surface area contributed by atoms with E-state index in [-0.39, 0.29) is 38.6 Å². The first-order valence-corrected chi connectivity index (χ1v) is 35.0. The fraction of sp³-hybridized carbons (Fsp3) is 0.654. The molecular weight excluding hydrogens is 1080 g/mol. The number of aliphatic carboxylic acids is 1. The summed E-state index contributed by atoms with van der Waals surface area (Å²) in [6.07, 6.45) is 95.0. The van der Waals surface area contributed by atoms with E-state index in [9.17, 15) is 19.5 Å². The fourth-order valence-electron chi connectivity index (χ4n) is 9.28. The Morgan fingerprint density at radius 2 is 0.655 bits per heavy atom. The van der Waals surface area contributed by atoms with Crippen LogP contribution in [0.15, 0.2) is 146 Å². The van der Waals surface area contributed by atoms with Gasteiger partial charge in [0.15, 0.2) is 12.4 Å². The van der Waals surface area contributed by atoms with Gasteiger partial charge in [-0.05, 0) is 103 Å². The zero-order chi connectivity index (χ0) is 63.3. The maximum absolute atomic E-state index is 12.9. The second-order valence-corrected chi connectivity index (χ2v) is 24.1. The van der Waals surface area contributed by atoms with Gasteiger partial charge in [-0.3, -0.25) is 9.59 Å². The molecule has 87 heavy (non-hydrogen) atoms. The zero-order valence-corrected chi connectivity index (χ0v) is 56.3. The van der Waals surface area contributed by atoms with Crippen LogP contribution >= 0.6 is 0 Å². The Labute approximate surface area is 534 Å². The smallest absolute Gasteiger partial charge is 0.306 e. The van der Waals surface area contributed by atoms with E-state index in [1.54, 1.807) is 0 Å². The Kier molecular flexibility index (Phi) is 63.4. The number of ether oxygens (including phenoxy) is 4. The first-order chi connectivity index (χ1) is 42.6. The van der Waals surface area contributed by atoms with E-state index < -0.39 is 24.3 Å². The fourth-order valence-corrected chi connectivity index (χ4v) is 9.28.